The van der Waals surface area contributed by atoms with Gasteiger partial charge in [0.2, 0.25) is 0 Å². The summed E-state index contributed by atoms with van der Waals surface area (Å²) in [7, 11) is 0. The molecule has 1 aromatic heterocycles. The Morgan fingerprint density at radius 1 is 1.37 bits per heavy atom. The van der Waals surface area contributed by atoms with Crippen molar-refractivity contribution in [1.29, 1.82) is 5.26 Å². The van der Waals surface area contributed by atoms with Crippen LogP contribution in [0.25, 0.3) is 0 Å². The van der Waals surface area contributed by atoms with Gasteiger partial charge in [-0.3, -0.25) is 0 Å². The highest BCUT2D eigenvalue weighted by Crippen LogP contribution is 2.23. The lowest BCUT2D eigenvalue weighted by atomic mass is 10.1. The van der Waals surface area contributed by atoms with Crippen molar-refractivity contribution in [3.05, 3.63) is 35.4 Å². The molecule has 1 aromatic carbocycles. The van der Waals surface area contributed by atoms with Gasteiger partial charge in [0.05, 0.1) is 11.3 Å². The van der Waals surface area contributed by atoms with Crippen molar-refractivity contribution in [1.82, 2.24) is 9.97 Å². The van der Waals surface area contributed by atoms with Gasteiger partial charge in [-0.25, -0.2) is 9.97 Å². The molecule has 6 heteroatoms. The molecule has 0 aliphatic heterocycles. The Labute approximate surface area is 115 Å². The maximum absolute atomic E-state index is 9.18. The van der Waals surface area contributed by atoms with Gasteiger partial charge in [-0.15, -0.1) is 0 Å². The van der Waals surface area contributed by atoms with Gasteiger partial charge < -0.3 is 11.1 Å². The summed E-state index contributed by atoms with van der Waals surface area (Å²) in [6.07, 6.45) is 1.88. The van der Waals surface area contributed by atoms with Crippen molar-refractivity contribution in [2.45, 2.75) is 12.1 Å². The van der Waals surface area contributed by atoms with Crippen molar-refractivity contribution in [2.24, 2.45) is 0 Å². The summed E-state index contributed by atoms with van der Waals surface area (Å²) in [5, 5.41) is 12.9. The first-order chi connectivity index (χ1) is 9.13. The van der Waals surface area contributed by atoms with Crippen LogP contribution in [0.3, 0.4) is 0 Å². The minimum absolute atomic E-state index is 0.396. The summed E-state index contributed by atoms with van der Waals surface area (Å²) in [5.74, 6) is 0.979. The Hall–Kier alpha value is -2.26. The van der Waals surface area contributed by atoms with Crippen LogP contribution in [-0.2, 0) is 0 Å². The van der Waals surface area contributed by atoms with Crippen LogP contribution < -0.4 is 11.1 Å². The van der Waals surface area contributed by atoms with E-state index in [-0.39, 0.29) is 0 Å². The molecule has 0 amide bonds. The van der Waals surface area contributed by atoms with E-state index in [1.807, 2.05) is 31.4 Å². The number of rotatable bonds is 3. The van der Waals surface area contributed by atoms with Crippen molar-refractivity contribution in [2.75, 3.05) is 17.3 Å². The van der Waals surface area contributed by atoms with E-state index >= 15 is 0 Å². The SMILES string of the molecule is CSc1nc(N)cc(Nc2cccc(C)c2C#N)n1. The fourth-order valence-corrected chi connectivity index (χ4v) is 2.04. The second-order valence-corrected chi connectivity index (χ2v) is 4.67. The molecule has 5 nitrogen and oxygen atoms in total. The predicted octanol–water partition coefficient (Wildman–Crippen LogP) is 2.70. The van der Waals surface area contributed by atoms with Crippen LogP contribution in [0.1, 0.15) is 11.1 Å². The molecular formula is C13H13N5S. The van der Waals surface area contributed by atoms with Crippen molar-refractivity contribution >= 4 is 29.1 Å². The molecule has 0 fully saturated rings. The van der Waals surface area contributed by atoms with Crippen LogP contribution in [0, 0.1) is 18.3 Å². The third kappa shape index (κ3) is 2.95. The zero-order valence-corrected chi connectivity index (χ0v) is 11.5. The van der Waals surface area contributed by atoms with Gasteiger partial charge in [0.25, 0.3) is 0 Å². The number of nitrogens with one attached hydrogen (secondary N) is 1. The summed E-state index contributed by atoms with van der Waals surface area (Å²) in [6.45, 7) is 1.89. The van der Waals surface area contributed by atoms with E-state index < -0.39 is 0 Å². The van der Waals surface area contributed by atoms with Crippen LogP contribution in [0.2, 0.25) is 0 Å². The number of aryl methyl sites for hydroxylation is 1. The minimum Gasteiger partial charge on any atom is -0.383 e. The van der Waals surface area contributed by atoms with E-state index in [1.165, 1.54) is 11.8 Å². The molecule has 0 bridgehead atoms. The molecular weight excluding hydrogens is 258 g/mol. The second kappa shape index (κ2) is 5.59. The minimum atomic E-state index is 0.396. The number of nitriles is 1. The topological polar surface area (TPSA) is 87.6 Å². The van der Waals surface area contributed by atoms with Gasteiger partial charge in [0.1, 0.15) is 17.7 Å². The maximum atomic E-state index is 9.18. The van der Waals surface area contributed by atoms with Gasteiger partial charge in [-0.1, -0.05) is 23.9 Å². The summed E-state index contributed by atoms with van der Waals surface area (Å²) in [6, 6.07) is 9.44. The highest BCUT2D eigenvalue weighted by Gasteiger charge is 2.07. The lowest BCUT2D eigenvalue weighted by Gasteiger charge is -2.10. The van der Waals surface area contributed by atoms with E-state index in [0.717, 1.165) is 5.56 Å². The lowest BCUT2D eigenvalue weighted by molar-refractivity contribution is 0.984. The van der Waals surface area contributed by atoms with Crippen LogP contribution in [-0.4, -0.2) is 16.2 Å². The number of nitrogens with zero attached hydrogens (tertiary/aromatic N) is 3. The third-order valence-electron chi connectivity index (χ3n) is 2.56. The number of hydrogen-bond donors (Lipinski definition) is 2. The van der Waals surface area contributed by atoms with Crippen LogP contribution in [0.15, 0.2) is 29.4 Å². The quantitative estimate of drug-likeness (QED) is 0.659. The van der Waals surface area contributed by atoms with Gasteiger partial charge in [0, 0.05) is 6.07 Å². The Morgan fingerprint density at radius 2 is 2.16 bits per heavy atom. The van der Waals surface area contributed by atoms with E-state index in [1.54, 1.807) is 6.07 Å². The fraction of sp³-hybridized carbons (Fsp3) is 0.154. The van der Waals surface area contributed by atoms with E-state index in [9.17, 15) is 5.26 Å². The van der Waals surface area contributed by atoms with E-state index in [4.69, 9.17) is 5.73 Å². The van der Waals surface area contributed by atoms with Gasteiger partial charge in [-0.2, -0.15) is 5.26 Å². The lowest BCUT2D eigenvalue weighted by Crippen LogP contribution is -2.01. The average Bonchev–Trinajstić information content (AvgIpc) is 2.38. The molecule has 0 saturated carbocycles. The number of benzene rings is 1. The van der Waals surface area contributed by atoms with Crippen molar-refractivity contribution in [3.8, 4) is 6.07 Å². The Bertz CT molecular complexity index is 648. The number of anilines is 3. The molecule has 3 N–H and O–H groups in total. The van der Waals surface area contributed by atoms with E-state index in [2.05, 4.69) is 21.4 Å². The molecule has 0 aliphatic rings. The van der Waals surface area contributed by atoms with Crippen LogP contribution in [0.5, 0.6) is 0 Å². The summed E-state index contributed by atoms with van der Waals surface area (Å²) >= 11 is 1.41. The molecule has 0 saturated heterocycles. The summed E-state index contributed by atoms with van der Waals surface area (Å²) in [4.78, 5) is 8.38. The summed E-state index contributed by atoms with van der Waals surface area (Å²) in [5.41, 5.74) is 7.95. The fourth-order valence-electron chi connectivity index (χ4n) is 1.66. The summed E-state index contributed by atoms with van der Waals surface area (Å²) < 4.78 is 0. The van der Waals surface area contributed by atoms with Crippen LogP contribution in [0.4, 0.5) is 17.3 Å². The number of nitrogen functional groups attached to an aromatic ring is 1. The van der Waals surface area contributed by atoms with E-state index in [0.29, 0.717) is 28.0 Å². The van der Waals surface area contributed by atoms with Crippen molar-refractivity contribution in [3.63, 3.8) is 0 Å². The predicted molar refractivity (Wildman–Crippen MR) is 77.4 cm³/mol. The molecule has 2 aromatic rings. The monoisotopic (exact) mass is 271 g/mol. The first-order valence-electron chi connectivity index (χ1n) is 5.59. The Balaban J connectivity index is 2.39. The highest BCUT2D eigenvalue weighted by molar-refractivity contribution is 7.98. The molecule has 1 heterocycles. The maximum Gasteiger partial charge on any atom is 0.191 e. The second-order valence-electron chi connectivity index (χ2n) is 3.90. The Morgan fingerprint density at radius 3 is 2.84 bits per heavy atom. The normalized spacial score (nSPS) is 9.95. The molecule has 96 valence electrons. The van der Waals surface area contributed by atoms with Gasteiger partial charge >= 0.3 is 0 Å². The Kier molecular flexibility index (Phi) is 3.88. The molecule has 0 spiro atoms. The standard InChI is InChI=1S/C13H13N5S/c1-8-4-3-5-10(9(8)7-14)16-12-6-11(15)17-13(18-12)19-2/h3-6H,1-2H3,(H3,15,16,17,18). The third-order valence-corrected chi connectivity index (χ3v) is 3.10. The van der Waals surface area contributed by atoms with Crippen molar-refractivity contribution < 1.29 is 0 Å². The first kappa shape index (κ1) is 13.2. The van der Waals surface area contributed by atoms with Gasteiger partial charge in [0.15, 0.2) is 5.16 Å². The number of aromatic nitrogens is 2. The molecule has 0 aliphatic carbocycles. The molecule has 0 radical (unpaired) electrons. The molecule has 0 unspecified atom stereocenters. The molecule has 2 rings (SSSR count). The molecule has 0 atom stereocenters. The smallest absolute Gasteiger partial charge is 0.191 e. The number of thioether (sulfide) groups is 1. The molecule has 19 heavy (non-hydrogen) atoms. The first-order valence-corrected chi connectivity index (χ1v) is 6.82. The number of hydrogen-bond acceptors (Lipinski definition) is 6. The highest BCUT2D eigenvalue weighted by atomic mass is 32.2. The number of nitrogens with two attached hydrogens (primary N) is 1. The van der Waals surface area contributed by atoms with Gasteiger partial charge in [-0.05, 0) is 24.8 Å². The largest absolute Gasteiger partial charge is 0.383 e. The van der Waals surface area contributed by atoms with Crippen LogP contribution >= 0.6 is 11.8 Å². The average molecular weight is 271 g/mol. The zero-order valence-electron chi connectivity index (χ0n) is 10.6. The zero-order chi connectivity index (χ0) is 13.8.